The van der Waals surface area contributed by atoms with Crippen molar-refractivity contribution in [2.75, 3.05) is 7.05 Å². The summed E-state index contributed by atoms with van der Waals surface area (Å²) in [6.45, 7) is 4.99. The summed E-state index contributed by atoms with van der Waals surface area (Å²) < 4.78 is 19.5. The summed E-state index contributed by atoms with van der Waals surface area (Å²) in [4.78, 5) is 2.05. The standard InChI is InChI=1S/C16H21FN2O/c1-11(15-6-4-5-7-16(15)17)19(3)10-14-8-13(9-18)12(2)20-14/h4-8,11H,9-10,18H2,1-3H3. The molecule has 108 valence electrons. The summed E-state index contributed by atoms with van der Waals surface area (Å²) in [5.41, 5.74) is 7.35. The summed E-state index contributed by atoms with van der Waals surface area (Å²) in [6, 6.07) is 8.81. The molecule has 0 aliphatic heterocycles. The van der Waals surface area contributed by atoms with Gasteiger partial charge in [0, 0.05) is 23.7 Å². The van der Waals surface area contributed by atoms with Crippen molar-refractivity contribution in [2.45, 2.75) is 33.0 Å². The monoisotopic (exact) mass is 276 g/mol. The molecule has 0 radical (unpaired) electrons. The zero-order valence-corrected chi connectivity index (χ0v) is 12.2. The molecule has 0 bridgehead atoms. The minimum Gasteiger partial charge on any atom is -0.465 e. The van der Waals surface area contributed by atoms with Gasteiger partial charge in [0.25, 0.3) is 0 Å². The van der Waals surface area contributed by atoms with Crippen molar-refractivity contribution < 1.29 is 8.81 Å². The topological polar surface area (TPSA) is 42.4 Å². The Bertz CT molecular complexity index is 580. The highest BCUT2D eigenvalue weighted by atomic mass is 19.1. The van der Waals surface area contributed by atoms with E-state index in [2.05, 4.69) is 4.90 Å². The third-order valence-electron chi connectivity index (χ3n) is 3.71. The van der Waals surface area contributed by atoms with Gasteiger partial charge in [-0.2, -0.15) is 0 Å². The summed E-state index contributed by atoms with van der Waals surface area (Å²) in [5, 5.41) is 0. The minimum atomic E-state index is -0.176. The van der Waals surface area contributed by atoms with Gasteiger partial charge in [0.05, 0.1) is 6.54 Å². The Morgan fingerprint density at radius 3 is 2.65 bits per heavy atom. The molecule has 2 rings (SSSR count). The lowest BCUT2D eigenvalue weighted by molar-refractivity contribution is 0.227. The van der Waals surface area contributed by atoms with E-state index in [-0.39, 0.29) is 11.9 Å². The second-order valence-corrected chi connectivity index (χ2v) is 5.11. The molecular formula is C16H21FN2O. The molecular weight excluding hydrogens is 255 g/mol. The first-order valence-electron chi connectivity index (χ1n) is 6.75. The van der Waals surface area contributed by atoms with E-state index in [0.717, 1.165) is 17.1 Å². The zero-order valence-electron chi connectivity index (χ0n) is 12.2. The fourth-order valence-electron chi connectivity index (χ4n) is 2.30. The van der Waals surface area contributed by atoms with Crippen molar-refractivity contribution >= 4 is 0 Å². The van der Waals surface area contributed by atoms with E-state index in [1.54, 1.807) is 6.07 Å². The molecule has 1 aromatic carbocycles. The van der Waals surface area contributed by atoms with Crippen molar-refractivity contribution in [3.8, 4) is 0 Å². The Balaban J connectivity index is 2.11. The molecule has 0 aliphatic rings. The number of furan rings is 1. The number of nitrogens with two attached hydrogens (primary N) is 1. The molecule has 1 atom stereocenters. The van der Waals surface area contributed by atoms with Crippen LogP contribution in [0.1, 0.15) is 35.6 Å². The van der Waals surface area contributed by atoms with Crippen molar-refractivity contribution in [1.82, 2.24) is 4.90 Å². The molecule has 2 N–H and O–H groups in total. The summed E-state index contributed by atoms with van der Waals surface area (Å²) >= 11 is 0. The molecule has 20 heavy (non-hydrogen) atoms. The maximum absolute atomic E-state index is 13.8. The molecule has 3 nitrogen and oxygen atoms in total. The van der Waals surface area contributed by atoms with Gasteiger partial charge in [-0.3, -0.25) is 4.90 Å². The highest BCUT2D eigenvalue weighted by molar-refractivity contribution is 5.22. The zero-order chi connectivity index (χ0) is 14.7. The molecule has 0 saturated carbocycles. The van der Waals surface area contributed by atoms with Crippen LogP contribution in [0.15, 0.2) is 34.7 Å². The second-order valence-electron chi connectivity index (χ2n) is 5.11. The predicted molar refractivity (Wildman–Crippen MR) is 77.6 cm³/mol. The third-order valence-corrected chi connectivity index (χ3v) is 3.71. The SMILES string of the molecule is Cc1oc(CN(C)C(C)c2ccccc2F)cc1CN. The highest BCUT2D eigenvalue weighted by Crippen LogP contribution is 2.24. The van der Waals surface area contributed by atoms with E-state index in [4.69, 9.17) is 10.2 Å². The molecule has 0 fully saturated rings. The average Bonchev–Trinajstić information content (AvgIpc) is 2.78. The maximum atomic E-state index is 13.8. The van der Waals surface area contributed by atoms with Crippen molar-refractivity contribution in [3.63, 3.8) is 0 Å². The molecule has 1 heterocycles. The van der Waals surface area contributed by atoms with Crippen LogP contribution in [0.3, 0.4) is 0 Å². The Morgan fingerprint density at radius 1 is 1.35 bits per heavy atom. The van der Waals surface area contributed by atoms with Crippen LogP contribution in [0.2, 0.25) is 0 Å². The number of benzene rings is 1. The van der Waals surface area contributed by atoms with E-state index in [1.165, 1.54) is 6.07 Å². The number of nitrogens with zero attached hydrogens (tertiary/aromatic N) is 1. The summed E-state index contributed by atoms with van der Waals surface area (Å²) in [5.74, 6) is 1.54. The molecule has 0 saturated heterocycles. The molecule has 0 amide bonds. The highest BCUT2D eigenvalue weighted by Gasteiger charge is 2.17. The Kier molecular flexibility index (Phi) is 4.57. The van der Waals surface area contributed by atoms with Gasteiger partial charge in [0.1, 0.15) is 17.3 Å². The lowest BCUT2D eigenvalue weighted by Crippen LogP contribution is -2.22. The van der Waals surface area contributed by atoms with E-state index in [0.29, 0.717) is 18.7 Å². The smallest absolute Gasteiger partial charge is 0.127 e. The van der Waals surface area contributed by atoms with Crippen molar-refractivity contribution in [1.29, 1.82) is 0 Å². The van der Waals surface area contributed by atoms with E-state index < -0.39 is 0 Å². The van der Waals surface area contributed by atoms with Gasteiger partial charge in [-0.1, -0.05) is 18.2 Å². The van der Waals surface area contributed by atoms with Crippen LogP contribution in [-0.2, 0) is 13.1 Å². The number of aryl methyl sites for hydroxylation is 1. The van der Waals surface area contributed by atoms with Gasteiger partial charge < -0.3 is 10.2 Å². The van der Waals surface area contributed by atoms with E-state index in [9.17, 15) is 4.39 Å². The maximum Gasteiger partial charge on any atom is 0.127 e. The second kappa shape index (κ2) is 6.20. The fourth-order valence-corrected chi connectivity index (χ4v) is 2.30. The normalized spacial score (nSPS) is 12.9. The van der Waals surface area contributed by atoms with Gasteiger partial charge in [-0.15, -0.1) is 0 Å². The molecule has 0 aliphatic carbocycles. The molecule has 2 aromatic rings. The van der Waals surface area contributed by atoms with Crippen LogP contribution in [0.25, 0.3) is 0 Å². The van der Waals surface area contributed by atoms with Gasteiger partial charge in [0.2, 0.25) is 0 Å². The Hall–Kier alpha value is -1.65. The first kappa shape index (κ1) is 14.8. The van der Waals surface area contributed by atoms with Crippen molar-refractivity contribution in [2.24, 2.45) is 5.73 Å². The molecule has 1 unspecified atom stereocenters. The first-order valence-corrected chi connectivity index (χ1v) is 6.75. The molecule has 0 spiro atoms. The van der Waals surface area contributed by atoms with Crippen molar-refractivity contribution in [3.05, 3.63) is 58.8 Å². The van der Waals surface area contributed by atoms with Crippen LogP contribution in [-0.4, -0.2) is 11.9 Å². The predicted octanol–water partition coefficient (Wildman–Crippen LogP) is 3.38. The van der Waals surface area contributed by atoms with E-state index >= 15 is 0 Å². The third kappa shape index (κ3) is 3.08. The number of rotatable bonds is 5. The molecule has 4 heteroatoms. The Morgan fingerprint density at radius 2 is 2.05 bits per heavy atom. The largest absolute Gasteiger partial charge is 0.465 e. The first-order chi connectivity index (χ1) is 9.52. The molecule has 1 aromatic heterocycles. The van der Waals surface area contributed by atoms with Crippen LogP contribution in [0.4, 0.5) is 4.39 Å². The van der Waals surface area contributed by atoms with Gasteiger partial charge >= 0.3 is 0 Å². The summed E-state index contributed by atoms with van der Waals surface area (Å²) in [7, 11) is 1.96. The van der Waals surface area contributed by atoms with Gasteiger partial charge in [0.15, 0.2) is 0 Å². The number of hydrogen-bond acceptors (Lipinski definition) is 3. The minimum absolute atomic E-state index is 0.0251. The van der Waals surface area contributed by atoms with E-state index in [1.807, 2.05) is 39.1 Å². The fraction of sp³-hybridized carbons (Fsp3) is 0.375. The van der Waals surface area contributed by atoms with Crippen LogP contribution < -0.4 is 5.73 Å². The summed E-state index contributed by atoms with van der Waals surface area (Å²) in [6.07, 6.45) is 0. The quantitative estimate of drug-likeness (QED) is 0.910. The van der Waals surface area contributed by atoms with Crippen LogP contribution in [0, 0.1) is 12.7 Å². The Labute approximate surface area is 119 Å². The van der Waals surface area contributed by atoms with Gasteiger partial charge in [-0.25, -0.2) is 4.39 Å². The van der Waals surface area contributed by atoms with Gasteiger partial charge in [-0.05, 0) is 33.0 Å². The van der Waals surface area contributed by atoms with Crippen LogP contribution >= 0.6 is 0 Å². The lowest BCUT2D eigenvalue weighted by Gasteiger charge is -2.24. The van der Waals surface area contributed by atoms with Crippen LogP contribution in [0.5, 0.6) is 0 Å². The lowest BCUT2D eigenvalue weighted by atomic mass is 10.1. The number of hydrogen-bond donors (Lipinski definition) is 1. The number of halogens is 1. The average molecular weight is 276 g/mol.